The maximum atomic E-state index is 10.8. The van der Waals surface area contributed by atoms with Crippen LogP contribution >= 0.6 is 0 Å². The Morgan fingerprint density at radius 1 is 1.41 bits per heavy atom. The number of anilines is 1. The molecule has 0 atom stereocenters. The number of benzene rings is 1. The lowest BCUT2D eigenvalue weighted by Gasteiger charge is -2.30. The Bertz CT molecular complexity index is 442. The third kappa shape index (κ3) is 2.31. The number of phenols is 1. The van der Waals surface area contributed by atoms with Crippen molar-refractivity contribution in [2.45, 2.75) is 6.92 Å². The summed E-state index contributed by atoms with van der Waals surface area (Å²) in [6.07, 6.45) is 0. The summed E-state index contributed by atoms with van der Waals surface area (Å²) in [5.41, 5.74) is 1.45. The Hall–Kier alpha value is -1.82. The van der Waals surface area contributed by atoms with Crippen LogP contribution in [0.5, 0.6) is 5.75 Å². The largest absolute Gasteiger partial charge is 0.502 e. The van der Waals surface area contributed by atoms with Crippen molar-refractivity contribution in [2.75, 3.05) is 31.1 Å². The van der Waals surface area contributed by atoms with Crippen LogP contribution < -0.4 is 10.2 Å². The first-order valence-corrected chi connectivity index (χ1v) is 5.53. The average Bonchev–Trinajstić information content (AvgIpc) is 2.29. The zero-order chi connectivity index (χ0) is 12.4. The Balaban J connectivity index is 2.38. The molecule has 0 spiro atoms. The highest BCUT2D eigenvalue weighted by molar-refractivity contribution is 5.64. The van der Waals surface area contributed by atoms with Gasteiger partial charge in [-0.15, -0.1) is 0 Å². The lowest BCUT2D eigenvalue weighted by atomic mass is 10.1. The predicted molar refractivity (Wildman–Crippen MR) is 64.6 cm³/mol. The van der Waals surface area contributed by atoms with Gasteiger partial charge in [0.2, 0.25) is 0 Å². The van der Waals surface area contributed by atoms with Crippen LogP contribution in [0.4, 0.5) is 11.4 Å². The zero-order valence-corrected chi connectivity index (χ0v) is 9.64. The monoisotopic (exact) mass is 237 g/mol. The fourth-order valence-corrected chi connectivity index (χ4v) is 2.06. The van der Waals surface area contributed by atoms with Crippen molar-refractivity contribution in [2.24, 2.45) is 0 Å². The molecule has 6 nitrogen and oxygen atoms in total. The van der Waals surface area contributed by atoms with Gasteiger partial charge in [-0.2, -0.15) is 0 Å². The molecule has 2 rings (SSSR count). The van der Waals surface area contributed by atoms with Crippen molar-refractivity contribution >= 4 is 11.4 Å². The van der Waals surface area contributed by atoms with Gasteiger partial charge in [0.05, 0.1) is 4.92 Å². The van der Waals surface area contributed by atoms with Gasteiger partial charge in [0.1, 0.15) is 0 Å². The summed E-state index contributed by atoms with van der Waals surface area (Å²) >= 11 is 0. The van der Waals surface area contributed by atoms with E-state index in [-0.39, 0.29) is 11.4 Å². The van der Waals surface area contributed by atoms with Gasteiger partial charge < -0.3 is 15.3 Å². The lowest BCUT2D eigenvalue weighted by molar-refractivity contribution is -0.385. The number of rotatable bonds is 2. The number of hydrogen-bond donors (Lipinski definition) is 2. The number of piperazine rings is 1. The number of aryl methyl sites for hydroxylation is 1. The Labute approximate surface area is 99.0 Å². The van der Waals surface area contributed by atoms with Crippen LogP contribution in [-0.4, -0.2) is 36.2 Å². The van der Waals surface area contributed by atoms with Crippen LogP contribution in [0.15, 0.2) is 12.1 Å². The molecule has 6 heteroatoms. The van der Waals surface area contributed by atoms with Crippen LogP contribution in [-0.2, 0) is 0 Å². The third-order valence-corrected chi connectivity index (χ3v) is 2.95. The van der Waals surface area contributed by atoms with Crippen LogP contribution in [0.25, 0.3) is 0 Å². The smallest absolute Gasteiger partial charge is 0.312 e. The van der Waals surface area contributed by atoms with Crippen LogP contribution in [0.2, 0.25) is 0 Å². The van der Waals surface area contributed by atoms with E-state index < -0.39 is 4.92 Å². The van der Waals surface area contributed by atoms with Gasteiger partial charge in [0, 0.05) is 37.9 Å². The van der Waals surface area contributed by atoms with Crippen LogP contribution in [0.3, 0.4) is 0 Å². The van der Waals surface area contributed by atoms with Crippen molar-refractivity contribution < 1.29 is 10.0 Å². The second kappa shape index (κ2) is 4.58. The van der Waals surface area contributed by atoms with E-state index in [2.05, 4.69) is 10.2 Å². The molecule has 1 fully saturated rings. The van der Waals surface area contributed by atoms with Crippen molar-refractivity contribution in [3.05, 3.63) is 27.8 Å². The fourth-order valence-electron chi connectivity index (χ4n) is 2.06. The second-order valence-corrected chi connectivity index (χ2v) is 4.12. The molecular formula is C11H15N3O3. The van der Waals surface area contributed by atoms with Gasteiger partial charge in [-0.25, -0.2) is 0 Å². The molecule has 0 unspecified atom stereocenters. The van der Waals surface area contributed by atoms with Crippen LogP contribution in [0.1, 0.15) is 5.56 Å². The molecule has 0 amide bonds. The maximum Gasteiger partial charge on any atom is 0.312 e. The molecule has 1 saturated heterocycles. The van der Waals surface area contributed by atoms with E-state index in [9.17, 15) is 15.2 Å². The summed E-state index contributed by atoms with van der Waals surface area (Å²) in [6, 6.07) is 2.91. The fraction of sp³-hybridized carbons (Fsp3) is 0.455. The van der Waals surface area contributed by atoms with E-state index in [4.69, 9.17) is 0 Å². The van der Waals surface area contributed by atoms with E-state index in [0.717, 1.165) is 37.4 Å². The minimum absolute atomic E-state index is 0.232. The Morgan fingerprint density at radius 3 is 2.65 bits per heavy atom. The standard InChI is InChI=1S/C11H15N3O3/c1-8-6-11(15)10(14(16)17)7-9(8)13-4-2-12-3-5-13/h6-7,12,15H,2-5H2,1H3. The van der Waals surface area contributed by atoms with E-state index in [1.807, 2.05) is 6.92 Å². The second-order valence-electron chi connectivity index (χ2n) is 4.12. The number of phenolic OH excluding ortho intramolecular Hbond substituents is 1. The van der Waals surface area contributed by atoms with Gasteiger partial charge in [0.15, 0.2) is 5.75 Å². The number of nitrogens with zero attached hydrogens (tertiary/aromatic N) is 2. The summed E-state index contributed by atoms with van der Waals surface area (Å²) in [4.78, 5) is 12.3. The van der Waals surface area contributed by atoms with Crippen LogP contribution in [0, 0.1) is 17.0 Å². The first-order valence-electron chi connectivity index (χ1n) is 5.53. The molecule has 1 heterocycles. The van der Waals surface area contributed by atoms with E-state index in [1.54, 1.807) is 0 Å². The minimum Gasteiger partial charge on any atom is -0.502 e. The number of nitro benzene ring substituents is 1. The molecule has 1 aliphatic rings. The highest BCUT2D eigenvalue weighted by atomic mass is 16.6. The van der Waals surface area contributed by atoms with E-state index in [0.29, 0.717) is 0 Å². The minimum atomic E-state index is -0.555. The third-order valence-electron chi connectivity index (χ3n) is 2.95. The summed E-state index contributed by atoms with van der Waals surface area (Å²) in [6.45, 7) is 5.23. The Kier molecular flexibility index (Phi) is 3.14. The summed E-state index contributed by atoms with van der Waals surface area (Å²) in [7, 11) is 0. The lowest BCUT2D eigenvalue weighted by Crippen LogP contribution is -2.43. The number of nitro groups is 1. The first kappa shape index (κ1) is 11.7. The Morgan fingerprint density at radius 2 is 2.06 bits per heavy atom. The molecular weight excluding hydrogens is 222 g/mol. The first-order chi connectivity index (χ1) is 8.09. The summed E-state index contributed by atoms with van der Waals surface area (Å²) in [5.74, 6) is -0.272. The molecule has 0 bridgehead atoms. The number of aromatic hydroxyl groups is 1. The highest BCUT2D eigenvalue weighted by Gasteiger charge is 2.20. The molecule has 1 aromatic carbocycles. The van der Waals surface area contributed by atoms with Gasteiger partial charge >= 0.3 is 5.69 Å². The quantitative estimate of drug-likeness (QED) is 0.593. The predicted octanol–water partition coefficient (Wildman–Crippen LogP) is 1.02. The molecule has 0 saturated carbocycles. The topological polar surface area (TPSA) is 78.6 Å². The SMILES string of the molecule is Cc1cc(O)c([N+](=O)[O-])cc1N1CCNCC1. The summed E-state index contributed by atoms with van der Waals surface area (Å²) < 4.78 is 0. The van der Waals surface area contributed by atoms with Gasteiger partial charge in [-0.1, -0.05) is 0 Å². The average molecular weight is 237 g/mol. The number of nitrogens with one attached hydrogen (secondary N) is 1. The molecule has 17 heavy (non-hydrogen) atoms. The van der Waals surface area contributed by atoms with E-state index in [1.165, 1.54) is 12.1 Å². The van der Waals surface area contributed by atoms with E-state index >= 15 is 0 Å². The molecule has 2 N–H and O–H groups in total. The molecule has 0 aliphatic carbocycles. The molecule has 0 radical (unpaired) electrons. The van der Waals surface area contributed by atoms with Crippen molar-refractivity contribution in [3.63, 3.8) is 0 Å². The van der Waals surface area contributed by atoms with Gasteiger partial charge in [-0.05, 0) is 18.6 Å². The van der Waals surface area contributed by atoms with Crippen molar-refractivity contribution in [1.29, 1.82) is 0 Å². The maximum absolute atomic E-state index is 10.8. The zero-order valence-electron chi connectivity index (χ0n) is 9.64. The molecule has 0 aromatic heterocycles. The normalized spacial score (nSPS) is 15.9. The van der Waals surface area contributed by atoms with Gasteiger partial charge in [0.25, 0.3) is 0 Å². The molecule has 1 aliphatic heterocycles. The highest BCUT2D eigenvalue weighted by Crippen LogP contribution is 2.33. The summed E-state index contributed by atoms with van der Waals surface area (Å²) in [5, 5.41) is 23.5. The number of hydrogen-bond acceptors (Lipinski definition) is 5. The van der Waals surface area contributed by atoms with Gasteiger partial charge in [-0.3, -0.25) is 10.1 Å². The van der Waals surface area contributed by atoms with Crippen molar-refractivity contribution in [3.8, 4) is 5.75 Å². The van der Waals surface area contributed by atoms with Crippen molar-refractivity contribution in [1.82, 2.24) is 5.32 Å². The molecule has 92 valence electrons. The molecule has 1 aromatic rings.